The van der Waals surface area contributed by atoms with E-state index in [1.807, 2.05) is 18.2 Å². The first kappa shape index (κ1) is 13.4. The van der Waals surface area contributed by atoms with E-state index in [1.165, 1.54) is 0 Å². The van der Waals surface area contributed by atoms with Gasteiger partial charge in [-0.3, -0.25) is 9.78 Å². The second-order valence-corrected chi connectivity index (χ2v) is 4.80. The van der Waals surface area contributed by atoms with Crippen LogP contribution in [0.15, 0.2) is 30.6 Å². The zero-order valence-corrected chi connectivity index (χ0v) is 11.7. The van der Waals surface area contributed by atoms with Crippen LogP contribution in [0.1, 0.15) is 17.7 Å². The minimum atomic E-state index is 0.0658. The lowest BCUT2D eigenvalue weighted by atomic mass is 10.0. The normalized spacial score (nSPS) is 13.3. The second kappa shape index (κ2) is 5.78. The highest BCUT2D eigenvalue weighted by atomic mass is 16.5. The van der Waals surface area contributed by atoms with Crippen LogP contribution < -0.4 is 15.4 Å². The summed E-state index contributed by atoms with van der Waals surface area (Å²) in [7, 11) is 1.80. The van der Waals surface area contributed by atoms with E-state index in [-0.39, 0.29) is 5.91 Å². The average Bonchev–Trinajstić information content (AvgIpc) is 2.53. The molecule has 21 heavy (non-hydrogen) atoms. The van der Waals surface area contributed by atoms with Crippen LogP contribution in [-0.2, 0) is 17.8 Å². The van der Waals surface area contributed by atoms with Gasteiger partial charge in [0, 0.05) is 19.2 Å². The van der Waals surface area contributed by atoms with Gasteiger partial charge in [0.25, 0.3) is 0 Å². The van der Waals surface area contributed by atoms with Crippen LogP contribution in [0, 0.1) is 0 Å². The number of amides is 1. The molecule has 3 rings (SSSR count). The molecule has 2 heterocycles. The Morgan fingerprint density at radius 2 is 2.19 bits per heavy atom. The van der Waals surface area contributed by atoms with Crippen LogP contribution in [0.4, 0.5) is 11.5 Å². The summed E-state index contributed by atoms with van der Waals surface area (Å²) in [6, 6.07) is 5.68. The van der Waals surface area contributed by atoms with Gasteiger partial charge in [-0.15, -0.1) is 0 Å². The molecule has 0 bridgehead atoms. The Labute approximate surface area is 122 Å². The summed E-state index contributed by atoms with van der Waals surface area (Å²) in [5, 5.41) is 5.77. The Morgan fingerprint density at radius 1 is 1.29 bits per heavy atom. The zero-order valence-electron chi connectivity index (χ0n) is 11.7. The summed E-state index contributed by atoms with van der Waals surface area (Å²) in [6.45, 7) is 0.363. The molecule has 1 aromatic carbocycles. The largest absolute Gasteiger partial charge is 0.487 e. The summed E-state index contributed by atoms with van der Waals surface area (Å²) in [6.07, 6.45) is 4.62. The minimum absolute atomic E-state index is 0.0658. The molecule has 0 atom stereocenters. The molecule has 0 saturated carbocycles. The van der Waals surface area contributed by atoms with Gasteiger partial charge in [0.05, 0.1) is 18.1 Å². The molecule has 2 aromatic rings. The maximum atomic E-state index is 11.3. The second-order valence-electron chi connectivity index (χ2n) is 4.80. The first-order valence-corrected chi connectivity index (χ1v) is 6.79. The molecule has 0 radical (unpaired) electrons. The number of rotatable bonds is 4. The van der Waals surface area contributed by atoms with Gasteiger partial charge >= 0.3 is 0 Å². The van der Waals surface area contributed by atoms with E-state index in [9.17, 15) is 4.79 Å². The van der Waals surface area contributed by atoms with Crippen LogP contribution in [0.2, 0.25) is 0 Å². The Kier molecular flexibility index (Phi) is 3.68. The maximum Gasteiger partial charge on any atom is 0.224 e. The number of nitrogens with one attached hydrogen (secondary N) is 2. The van der Waals surface area contributed by atoms with Gasteiger partial charge in [0.1, 0.15) is 18.2 Å². The van der Waals surface area contributed by atoms with Gasteiger partial charge in [-0.05, 0) is 30.2 Å². The maximum absolute atomic E-state index is 11.3. The van der Waals surface area contributed by atoms with Crippen LogP contribution in [0.25, 0.3) is 0 Å². The number of aryl methyl sites for hydroxylation is 1. The third-order valence-electron chi connectivity index (χ3n) is 3.32. The van der Waals surface area contributed by atoms with E-state index in [2.05, 4.69) is 20.6 Å². The third kappa shape index (κ3) is 3.10. The van der Waals surface area contributed by atoms with Crippen LogP contribution in [0.5, 0.6) is 5.75 Å². The predicted octanol–water partition coefficient (Wildman–Crippen LogP) is 1.98. The quantitative estimate of drug-likeness (QED) is 0.898. The van der Waals surface area contributed by atoms with Gasteiger partial charge in [-0.2, -0.15) is 0 Å². The predicted molar refractivity (Wildman–Crippen MR) is 79.3 cm³/mol. The summed E-state index contributed by atoms with van der Waals surface area (Å²) in [5.74, 6) is 1.56. The van der Waals surface area contributed by atoms with Crippen LogP contribution in [-0.4, -0.2) is 22.9 Å². The van der Waals surface area contributed by atoms with Crippen molar-refractivity contribution in [2.24, 2.45) is 0 Å². The fourth-order valence-electron chi connectivity index (χ4n) is 2.17. The lowest BCUT2D eigenvalue weighted by Crippen LogP contribution is -2.18. The zero-order chi connectivity index (χ0) is 14.7. The Balaban J connectivity index is 1.66. The number of hydrogen-bond donors (Lipinski definition) is 2. The average molecular weight is 284 g/mol. The van der Waals surface area contributed by atoms with Crippen molar-refractivity contribution in [3.05, 3.63) is 41.9 Å². The molecule has 108 valence electrons. The molecule has 0 fully saturated rings. The van der Waals surface area contributed by atoms with E-state index in [0.29, 0.717) is 13.0 Å². The SMILES string of the molecule is CNc1cnc(COc2ccc3c(c2)CCC(=O)N3)cn1. The van der Waals surface area contributed by atoms with Gasteiger partial charge in [-0.1, -0.05) is 0 Å². The molecule has 1 aromatic heterocycles. The Morgan fingerprint density at radius 3 is 2.95 bits per heavy atom. The molecular formula is C15H16N4O2. The number of ether oxygens (including phenoxy) is 1. The summed E-state index contributed by atoms with van der Waals surface area (Å²) < 4.78 is 5.72. The molecular weight excluding hydrogens is 268 g/mol. The van der Waals surface area contributed by atoms with Crippen molar-refractivity contribution in [1.82, 2.24) is 9.97 Å². The highest BCUT2D eigenvalue weighted by molar-refractivity contribution is 5.93. The van der Waals surface area contributed by atoms with Crippen molar-refractivity contribution in [2.75, 3.05) is 17.7 Å². The summed E-state index contributed by atoms with van der Waals surface area (Å²) >= 11 is 0. The molecule has 0 aliphatic carbocycles. The number of hydrogen-bond acceptors (Lipinski definition) is 5. The molecule has 0 saturated heterocycles. The number of fused-ring (bicyclic) bond motifs is 1. The molecule has 1 aliphatic rings. The van der Waals surface area contributed by atoms with Crippen molar-refractivity contribution >= 4 is 17.4 Å². The lowest BCUT2D eigenvalue weighted by molar-refractivity contribution is -0.116. The van der Waals surface area contributed by atoms with Gasteiger partial charge in [0.15, 0.2) is 0 Å². The topological polar surface area (TPSA) is 76.1 Å². The molecule has 1 amide bonds. The fraction of sp³-hybridized carbons (Fsp3) is 0.267. The van der Waals surface area contributed by atoms with Gasteiger partial charge in [-0.25, -0.2) is 4.98 Å². The number of aromatic nitrogens is 2. The standard InChI is InChI=1S/C15H16N4O2/c1-16-14-8-17-11(7-18-14)9-21-12-3-4-13-10(6-12)2-5-15(20)19-13/h3-4,6-8H,2,5,9H2,1H3,(H,16,18)(H,19,20). The van der Waals surface area contributed by atoms with Gasteiger partial charge < -0.3 is 15.4 Å². The highest BCUT2D eigenvalue weighted by Crippen LogP contribution is 2.27. The minimum Gasteiger partial charge on any atom is -0.487 e. The summed E-state index contributed by atoms with van der Waals surface area (Å²) in [5.41, 5.74) is 2.74. The third-order valence-corrected chi connectivity index (χ3v) is 3.32. The van der Waals surface area contributed by atoms with Crippen molar-refractivity contribution in [3.63, 3.8) is 0 Å². The smallest absolute Gasteiger partial charge is 0.224 e. The van der Waals surface area contributed by atoms with Crippen molar-refractivity contribution < 1.29 is 9.53 Å². The number of anilines is 2. The fourth-order valence-corrected chi connectivity index (χ4v) is 2.17. The lowest BCUT2D eigenvalue weighted by Gasteiger charge is -2.17. The number of benzene rings is 1. The highest BCUT2D eigenvalue weighted by Gasteiger charge is 2.15. The molecule has 0 unspecified atom stereocenters. The van der Waals surface area contributed by atoms with Crippen LogP contribution in [0.3, 0.4) is 0 Å². The van der Waals surface area contributed by atoms with Crippen molar-refractivity contribution in [2.45, 2.75) is 19.4 Å². The van der Waals surface area contributed by atoms with Crippen LogP contribution >= 0.6 is 0 Å². The Hall–Kier alpha value is -2.63. The number of nitrogens with zero attached hydrogens (tertiary/aromatic N) is 2. The molecule has 6 nitrogen and oxygen atoms in total. The van der Waals surface area contributed by atoms with E-state index in [0.717, 1.165) is 34.9 Å². The molecule has 2 N–H and O–H groups in total. The van der Waals surface area contributed by atoms with Gasteiger partial charge in [0.2, 0.25) is 5.91 Å². The van der Waals surface area contributed by atoms with E-state index >= 15 is 0 Å². The monoisotopic (exact) mass is 284 g/mol. The van der Waals surface area contributed by atoms with E-state index in [1.54, 1.807) is 19.4 Å². The summed E-state index contributed by atoms with van der Waals surface area (Å²) in [4.78, 5) is 19.8. The molecule has 1 aliphatic heterocycles. The molecule has 0 spiro atoms. The first-order chi connectivity index (χ1) is 10.2. The van der Waals surface area contributed by atoms with Crippen molar-refractivity contribution in [1.29, 1.82) is 0 Å². The molecule has 6 heteroatoms. The van der Waals surface area contributed by atoms with E-state index < -0.39 is 0 Å². The first-order valence-electron chi connectivity index (χ1n) is 6.79. The number of carbonyl (C=O) groups excluding carboxylic acids is 1. The Bertz CT molecular complexity index is 655. The van der Waals surface area contributed by atoms with Crippen molar-refractivity contribution in [3.8, 4) is 5.75 Å². The number of carbonyl (C=O) groups is 1. The van der Waals surface area contributed by atoms with E-state index in [4.69, 9.17) is 4.74 Å².